The van der Waals surface area contributed by atoms with Gasteiger partial charge in [0.15, 0.2) is 0 Å². The zero-order valence-electron chi connectivity index (χ0n) is 8.21. The van der Waals surface area contributed by atoms with E-state index in [0.29, 0.717) is 0 Å². The van der Waals surface area contributed by atoms with Gasteiger partial charge in [0.1, 0.15) is 19.7 Å². The molecule has 15 heavy (non-hydrogen) atoms. The van der Waals surface area contributed by atoms with Gasteiger partial charge in [0.25, 0.3) is 0 Å². The Labute approximate surface area is 141 Å². The van der Waals surface area contributed by atoms with Crippen LogP contribution in [0.3, 0.4) is 0 Å². The maximum absolute atomic E-state index is 9.95. The van der Waals surface area contributed by atoms with Crippen LogP contribution < -0.4 is 68.9 Å². The molecule has 0 rings (SSSR count). The molecule has 12 nitrogen and oxygen atoms in total. The molecular formula is C2H3CsN4O8. The Bertz CT molecular complexity index is 250. The zero-order chi connectivity index (χ0) is 11.5. The van der Waals surface area contributed by atoms with E-state index in [4.69, 9.17) is 0 Å². The Morgan fingerprint density at radius 1 is 0.667 bits per heavy atom. The van der Waals surface area contributed by atoms with E-state index in [2.05, 4.69) is 0 Å². The molecule has 80 valence electrons. The maximum Gasteiger partial charge on any atom is 1.00 e. The Morgan fingerprint density at radius 2 is 0.800 bits per heavy atom. The topological polar surface area (TPSA) is 173 Å². The van der Waals surface area contributed by atoms with Gasteiger partial charge in [-0.1, -0.05) is 0 Å². The molecule has 0 aliphatic carbocycles. The van der Waals surface area contributed by atoms with Gasteiger partial charge in [-0.25, -0.2) is 0 Å². The van der Waals surface area contributed by atoms with Gasteiger partial charge in [-0.2, -0.15) is 0 Å². The van der Waals surface area contributed by atoms with Crippen LogP contribution in [0.15, 0.2) is 0 Å². The van der Waals surface area contributed by atoms with Crippen molar-refractivity contribution in [1.82, 2.24) is 0 Å². The van der Waals surface area contributed by atoms with Crippen LogP contribution in [0.25, 0.3) is 0 Å². The van der Waals surface area contributed by atoms with E-state index in [1.54, 1.807) is 0 Å². The molecule has 0 saturated heterocycles. The fourth-order valence-electron chi connectivity index (χ4n) is 0.589. The number of rotatable bonds is 5. The quantitative estimate of drug-likeness (QED) is 0.275. The van der Waals surface area contributed by atoms with E-state index in [1.807, 2.05) is 0 Å². The van der Waals surface area contributed by atoms with E-state index >= 15 is 0 Å². The summed E-state index contributed by atoms with van der Waals surface area (Å²) < 4.78 is 0. The predicted octanol–water partition coefficient (Wildman–Crippen LogP) is -4.14. The molecule has 0 spiro atoms. The van der Waals surface area contributed by atoms with Gasteiger partial charge in [0, 0.05) is 0 Å². The Hall–Kier alpha value is -0.348. The molecule has 0 aliphatic heterocycles. The normalized spacial score (nSPS) is 9.47. The van der Waals surface area contributed by atoms with Crippen LogP contribution in [0.1, 0.15) is 1.43 Å². The first-order valence-electron chi connectivity index (χ1n) is 2.83. The first-order chi connectivity index (χ1) is 6.29. The fraction of sp³-hybridized carbons (Fsp3) is 1.00. The smallest absolute Gasteiger partial charge is 1.00 e. The molecule has 13 heteroatoms. The second kappa shape index (κ2) is 7.01. The molecule has 0 bridgehead atoms. The van der Waals surface area contributed by atoms with Crippen molar-refractivity contribution >= 4 is 0 Å². The maximum atomic E-state index is 9.95. The molecule has 0 aliphatic rings. The number of hydrogen-bond acceptors (Lipinski definition) is 8. The van der Waals surface area contributed by atoms with Crippen molar-refractivity contribution in [1.29, 1.82) is 0 Å². The van der Waals surface area contributed by atoms with Crippen molar-refractivity contribution in [2.24, 2.45) is 0 Å². The van der Waals surface area contributed by atoms with Crippen molar-refractivity contribution in [3.63, 3.8) is 0 Å². The third kappa shape index (κ3) is 4.80. The summed E-state index contributed by atoms with van der Waals surface area (Å²) in [5.74, 6) is 0. The van der Waals surface area contributed by atoms with Gasteiger partial charge in [-0.15, -0.1) is 0 Å². The molecule has 0 amide bonds. The summed E-state index contributed by atoms with van der Waals surface area (Å²) in [6.45, 7) is 0. The minimum atomic E-state index is -3.08. The van der Waals surface area contributed by atoms with E-state index < -0.39 is 32.0 Å². The molecule has 0 N–H and O–H groups in total. The largest absolute Gasteiger partial charge is 1.00 e. The van der Waals surface area contributed by atoms with Crippen LogP contribution in [0, 0.1) is 40.5 Å². The third-order valence-corrected chi connectivity index (χ3v) is 1.13. The molecule has 0 atom stereocenters. The van der Waals surface area contributed by atoms with Crippen LogP contribution in [-0.2, 0) is 0 Å². The van der Waals surface area contributed by atoms with E-state index in [9.17, 15) is 40.5 Å². The van der Waals surface area contributed by atoms with E-state index in [1.165, 1.54) is 0 Å². The van der Waals surface area contributed by atoms with E-state index in [0.717, 1.165) is 0 Å². The summed E-state index contributed by atoms with van der Waals surface area (Å²) in [5.41, 5.74) is 0. The third-order valence-electron chi connectivity index (χ3n) is 1.13. The molecule has 0 aromatic carbocycles. The number of nitrogens with zero attached hydrogens (tertiary/aromatic N) is 4. The Morgan fingerprint density at radius 3 is 0.867 bits per heavy atom. The SMILES string of the molecule is O=[N+]([O-])C(C([N+](=O)[O-])[N+](=O)[O-])[N+](=O)[O-].[Cs+].[H-]. The van der Waals surface area contributed by atoms with Gasteiger partial charge in [0.05, 0.1) is 0 Å². The summed E-state index contributed by atoms with van der Waals surface area (Å²) in [5, 5.41) is 39.8. The molecule has 0 saturated carbocycles. The van der Waals surface area contributed by atoms with Crippen molar-refractivity contribution in [3.8, 4) is 0 Å². The van der Waals surface area contributed by atoms with Crippen molar-refractivity contribution < 1.29 is 90.0 Å². The first kappa shape index (κ1) is 17.1. The van der Waals surface area contributed by atoms with Gasteiger partial charge in [-0.3, -0.25) is 40.5 Å². The Kier molecular flexibility index (Phi) is 7.98. The van der Waals surface area contributed by atoms with Gasteiger partial charge < -0.3 is 1.43 Å². The first-order valence-corrected chi connectivity index (χ1v) is 2.83. The number of nitro groups is 4. The molecule has 0 aromatic heterocycles. The molecule has 0 aromatic rings. The predicted molar refractivity (Wildman–Crippen MR) is 36.7 cm³/mol. The zero-order valence-corrected chi connectivity index (χ0v) is 13.5. The second-order valence-corrected chi connectivity index (χ2v) is 1.97. The van der Waals surface area contributed by atoms with Crippen molar-refractivity contribution in [2.75, 3.05) is 0 Å². The molecule has 0 radical (unpaired) electrons. The molecular weight excluding hydrogens is 341 g/mol. The van der Waals surface area contributed by atoms with Gasteiger partial charge in [-0.05, 0) is 0 Å². The standard InChI is InChI=1S/C2H2N4O8.Cs.H/c7-3(8)1(4(9)10)2(5(11)12)6(13)14;;/h1-2H;;/q;+1;-1. The average molecular weight is 344 g/mol. The molecule has 0 heterocycles. The summed E-state index contributed by atoms with van der Waals surface area (Å²) in [6, 6.07) is 0. The van der Waals surface area contributed by atoms with Crippen LogP contribution in [0.2, 0.25) is 0 Å². The van der Waals surface area contributed by atoms with Gasteiger partial charge in [0.2, 0.25) is 0 Å². The molecule has 0 unspecified atom stereocenters. The summed E-state index contributed by atoms with van der Waals surface area (Å²) >= 11 is 0. The summed E-state index contributed by atoms with van der Waals surface area (Å²) in [6.07, 6.45) is -6.17. The van der Waals surface area contributed by atoms with Crippen LogP contribution >= 0.6 is 0 Å². The van der Waals surface area contributed by atoms with Crippen molar-refractivity contribution in [3.05, 3.63) is 40.5 Å². The van der Waals surface area contributed by atoms with Crippen LogP contribution in [0.4, 0.5) is 0 Å². The Balaban J connectivity index is -0.000000845. The van der Waals surface area contributed by atoms with Crippen molar-refractivity contribution in [2.45, 2.75) is 12.3 Å². The van der Waals surface area contributed by atoms with Crippen LogP contribution in [0.5, 0.6) is 0 Å². The second-order valence-electron chi connectivity index (χ2n) is 1.97. The average Bonchev–Trinajstić information content (AvgIpc) is 1.96. The van der Waals surface area contributed by atoms with E-state index in [-0.39, 0.29) is 70.3 Å². The fourth-order valence-corrected chi connectivity index (χ4v) is 0.589. The summed E-state index contributed by atoms with van der Waals surface area (Å²) in [4.78, 5) is 33.0. The van der Waals surface area contributed by atoms with Gasteiger partial charge >= 0.3 is 81.2 Å². The summed E-state index contributed by atoms with van der Waals surface area (Å²) in [7, 11) is 0. The monoisotopic (exact) mass is 344 g/mol. The minimum absolute atomic E-state index is 0. The van der Waals surface area contributed by atoms with Crippen LogP contribution in [-0.4, -0.2) is 32.0 Å². The minimum Gasteiger partial charge on any atom is -1.00 e. The number of hydrogen-bond donors (Lipinski definition) is 0. The molecule has 0 fully saturated rings.